The van der Waals surface area contributed by atoms with Gasteiger partial charge in [0.2, 0.25) is 0 Å². The Bertz CT molecular complexity index is 1430. The molecule has 176 valence electrons. The predicted octanol–water partition coefficient (Wildman–Crippen LogP) is 3.67. The van der Waals surface area contributed by atoms with Crippen LogP contribution in [0.25, 0.3) is 10.8 Å². The van der Waals surface area contributed by atoms with Crippen molar-refractivity contribution in [3.8, 4) is 0 Å². The maximum atomic E-state index is 13.2. The summed E-state index contributed by atoms with van der Waals surface area (Å²) in [6.07, 6.45) is 1.52. The van der Waals surface area contributed by atoms with E-state index in [4.69, 9.17) is 0 Å². The van der Waals surface area contributed by atoms with Gasteiger partial charge in [-0.25, -0.2) is 10.5 Å². The van der Waals surface area contributed by atoms with Crippen LogP contribution in [-0.4, -0.2) is 28.2 Å². The molecule has 4 aromatic rings. The molecule has 0 aliphatic rings. The van der Waals surface area contributed by atoms with Crippen molar-refractivity contribution in [2.75, 3.05) is 0 Å². The minimum absolute atomic E-state index is 0.207. The zero-order valence-electron chi connectivity index (χ0n) is 19.4. The molecule has 0 bridgehead atoms. The molecule has 3 N–H and O–H groups in total. The van der Waals surface area contributed by atoms with E-state index in [0.29, 0.717) is 22.3 Å². The Hall–Kier alpha value is -4.59. The van der Waals surface area contributed by atoms with Gasteiger partial charge in [-0.3, -0.25) is 14.4 Å². The van der Waals surface area contributed by atoms with Crippen molar-refractivity contribution in [3.63, 3.8) is 0 Å². The van der Waals surface area contributed by atoms with Crippen LogP contribution in [0.3, 0.4) is 0 Å². The monoisotopic (exact) mass is 467 g/mol. The largest absolute Gasteiger partial charge is 0.335 e. The fourth-order valence-electron chi connectivity index (χ4n) is 3.62. The molecule has 1 atom stereocenters. The number of amides is 2. The van der Waals surface area contributed by atoms with Crippen molar-refractivity contribution in [3.05, 3.63) is 112 Å². The molecule has 0 saturated heterocycles. The molecule has 0 radical (unpaired) electrons. The molecule has 2 amide bonds. The summed E-state index contributed by atoms with van der Waals surface area (Å²) in [5.41, 5.74) is 4.70. The summed E-state index contributed by atoms with van der Waals surface area (Å²) in [6.45, 7) is 4.23. The van der Waals surface area contributed by atoms with E-state index in [9.17, 15) is 14.4 Å². The van der Waals surface area contributed by atoms with E-state index in [1.807, 2.05) is 24.3 Å². The van der Waals surface area contributed by atoms with Crippen molar-refractivity contribution in [2.45, 2.75) is 25.8 Å². The number of aromatic amines is 1. The minimum atomic E-state index is -1.20. The summed E-state index contributed by atoms with van der Waals surface area (Å²) in [6, 6.07) is 21.9. The molecule has 8 heteroatoms. The van der Waals surface area contributed by atoms with Crippen molar-refractivity contribution < 1.29 is 9.59 Å². The number of carbonyl (C=O) groups is 2. The Morgan fingerprint density at radius 1 is 0.914 bits per heavy atom. The summed E-state index contributed by atoms with van der Waals surface area (Å²) in [7, 11) is 0. The Balaban J connectivity index is 1.62. The number of aromatic nitrogens is 2. The first-order valence-corrected chi connectivity index (χ1v) is 11.2. The fourth-order valence-corrected chi connectivity index (χ4v) is 3.62. The lowest BCUT2D eigenvalue weighted by atomic mass is 10.0. The second kappa shape index (κ2) is 10.6. The number of nitrogens with one attached hydrogen (secondary N) is 3. The van der Waals surface area contributed by atoms with Gasteiger partial charge in [0, 0.05) is 10.9 Å². The summed E-state index contributed by atoms with van der Waals surface area (Å²) < 4.78 is 0. The number of carbonyl (C=O) groups excluding carboxylic acids is 2. The van der Waals surface area contributed by atoms with E-state index in [-0.39, 0.29) is 11.3 Å². The van der Waals surface area contributed by atoms with Gasteiger partial charge < -0.3 is 5.32 Å². The highest BCUT2D eigenvalue weighted by Crippen LogP contribution is 2.20. The molecule has 0 aliphatic heterocycles. The standard InChI is InChI=1S/C27H25N5O3/c1-17(2)19-14-12-18(13-15-19)16-28-31-27(35)24(29-25(33)20-8-4-3-5-9-20)23-21-10-6-7-11-22(21)26(34)32-30-23/h3-17,24H,1-2H3,(H,29,33)(H,31,35)(H,32,34)/t24-/m0/s1. The SMILES string of the molecule is CC(C)c1ccc(C=NNC(=O)[C@@H](NC(=O)c2ccccc2)c2n[nH]c(=O)c3ccccc23)cc1. The second-order valence-electron chi connectivity index (χ2n) is 8.31. The fraction of sp³-hybridized carbons (Fsp3) is 0.148. The quantitative estimate of drug-likeness (QED) is 0.284. The van der Waals surface area contributed by atoms with E-state index in [2.05, 4.69) is 39.9 Å². The van der Waals surface area contributed by atoms with Gasteiger partial charge in [0.1, 0.15) is 5.69 Å². The van der Waals surface area contributed by atoms with Crippen LogP contribution >= 0.6 is 0 Å². The zero-order chi connectivity index (χ0) is 24.8. The number of hydrazone groups is 1. The summed E-state index contributed by atoms with van der Waals surface area (Å²) in [5, 5.41) is 14.1. The maximum Gasteiger partial charge on any atom is 0.272 e. The van der Waals surface area contributed by atoms with Crippen LogP contribution < -0.4 is 16.3 Å². The summed E-state index contributed by atoms with van der Waals surface area (Å²) >= 11 is 0. The Kier molecular flexibility index (Phi) is 7.11. The third kappa shape index (κ3) is 5.50. The minimum Gasteiger partial charge on any atom is -0.335 e. The van der Waals surface area contributed by atoms with Crippen molar-refractivity contribution in [1.82, 2.24) is 20.9 Å². The molecule has 8 nitrogen and oxygen atoms in total. The van der Waals surface area contributed by atoms with Gasteiger partial charge in [-0.1, -0.05) is 74.5 Å². The average molecular weight is 468 g/mol. The topological polar surface area (TPSA) is 116 Å². The van der Waals surface area contributed by atoms with E-state index in [1.165, 1.54) is 11.8 Å². The van der Waals surface area contributed by atoms with Crippen LogP contribution in [0.2, 0.25) is 0 Å². The van der Waals surface area contributed by atoms with E-state index >= 15 is 0 Å². The van der Waals surface area contributed by atoms with Gasteiger partial charge >= 0.3 is 0 Å². The number of rotatable bonds is 7. The molecule has 0 unspecified atom stereocenters. The van der Waals surface area contributed by atoms with Gasteiger partial charge in [0.05, 0.1) is 11.6 Å². The van der Waals surface area contributed by atoms with Gasteiger partial charge in [-0.05, 0) is 35.2 Å². The zero-order valence-corrected chi connectivity index (χ0v) is 19.4. The van der Waals surface area contributed by atoms with E-state index in [1.54, 1.807) is 54.6 Å². The smallest absolute Gasteiger partial charge is 0.272 e. The molecule has 4 rings (SSSR count). The van der Waals surface area contributed by atoms with E-state index < -0.39 is 17.9 Å². The number of hydrogen-bond acceptors (Lipinski definition) is 5. The third-order valence-electron chi connectivity index (χ3n) is 5.56. The Morgan fingerprint density at radius 2 is 1.57 bits per heavy atom. The van der Waals surface area contributed by atoms with Crippen molar-refractivity contribution >= 4 is 28.8 Å². The predicted molar refractivity (Wildman–Crippen MR) is 135 cm³/mol. The van der Waals surface area contributed by atoms with Crippen molar-refractivity contribution in [2.24, 2.45) is 5.10 Å². The molecule has 1 heterocycles. The molecule has 0 aliphatic carbocycles. The number of benzene rings is 3. The molecule has 0 saturated carbocycles. The second-order valence-corrected chi connectivity index (χ2v) is 8.31. The van der Waals surface area contributed by atoms with Crippen LogP contribution in [0.5, 0.6) is 0 Å². The molecule has 1 aromatic heterocycles. The summed E-state index contributed by atoms with van der Waals surface area (Å²) in [4.78, 5) is 38.3. The number of fused-ring (bicyclic) bond motifs is 1. The highest BCUT2D eigenvalue weighted by atomic mass is 16.2. The highest BCUT2D eigenvalue weighted by molar-refractivity contribution is 5.99. The first-order chi connectivity index (χ1) is 16.9. The van der Waals surface area contributed by atoms with Gasteiger partial charge in [0.15, 0.2) is 6.04 Å². The lowest BCUT2D eigenvalue weighted by Crippen LogP contribution is -2.40. The molecule has 0 spiro atoms. The summed E-state index contributed by atoms with van der Waals surface area (Å²) in [5.74, 6) is -0.653. The van der Waals surface area contributed by atoms with Crippen LogP contribution in [-0.2, 0) is 4.79 Å². The number of nitrogens with zero attached hydrogens (tertiary/aromatic N) is 2. The van der Waals surface area contributed by atoms with Crippen LogP contribution in [0.4, 0.5) is 0 Å². The maximum absolute atomic E-state index is 13.2. The van der Waals surface area contributed by atoms with E-state index in [0.717, 1.165) is 5.56 Å². The first kappa shape index (κ1) is 23.6. The van der Waals surface area contributed by atoms with Gasteiger partial charge in [0.25, 0.3) is 17.4 Å². The lowest BCUT2D eigenvalue weighted by molar-refractivity contribution is -0.123. The molecular formula is C27H25N5O3. The first-order valence-electron chi connectivity index (χ1n) is 11.2. The molecular weight excluding hydrogens is 442 g/mol. The van der Waals surface area contributed by atoms with Crippen LogP contribution in [0, 0.1) is 0 Å². The molecule has 0 fully saturated rings. The Labute approximate surface area is 202 Å². The molecule has 3 aromatic carbocycles. The number of H-pyrrole nitrogens is 1. The number of hydrogen-bond donors (Lipinski definition) is 3. The van der Waals surface area contributed by atoms with Crippen molar-refractivity contribution in [1.29, 1.82) is 0 Å². The molecule has 35 heavy (non-hydrogen) atoms. The average Bonchev–Trinajstić information content (AvgIpc) is 2.88. The third-order valence-corrected chi connectivity index (χ3v) is 5.56. The van der Waals surface area contributed by atoms with Crippen LogP contribution in [0.1, 0.15) is 53.0 Å². The normalized spacial score (nSPS) is 12.1. The van der Waals surface area contributed by atoms with Gasteiger partial charge in [-0.15, -0.1) is 0 Å². The van der Waals surface area contributed by atoms with Crippen LogP contribution in [0.15, 0.2) is 88.8 Å². The van der Waals surface area contributed by atoms with Gasteiger partial charge in [-0.2, -0.15) is 10.2 Å². The lowest BCUT2D eigenvalue weighted by Gasteiger charge is -2.18. The Morgan fingerprint density at radius 3 is 2.26 bits per heavy atom. The highest BCUT2D eigenvalue weighted by Gasteiger charge is 2.27.